The molecule has 8 nitrogen and oxygen atoms in total. The predicted molar refractivity (Wildman–Crippen MR) is 119 cm³/mol. The van der Waals surface area contributed by atoms with E-state index in [9.17, 15) is 14.4 Å². The highest BCUT2D eigenvalue weighted by Gasteiger charge is 2.40. The molecule has 0 radical (unpaired) electrons. The molecule has 2 fully saturated rings. The zero-order valence-corrected chi connectivity index (χ0v) is 18.0. The van der Waals surface area contributed by atoms with Gasteiger partial charge in [0, 0.05) is 41.2 Å². The van der Waals surface area contributed by atoms with Crippen LogP contribution in [0.3, 0.4) is 0 Å². The minimum atomic E-state index is -2.78. The fourth-order valence-electron chi connectivity index (χ4n) is 4.25. The molecule has 3 heterocycles. The Balaban J connectivity index is 1.28. The lowest BCUT2D eigenvalue weighted by molar-refractivity contribution is -0.136. The molecule has 2 atom stereocenters. The topological polar surface area (TPSA) is 88.2 Å². The van der Waals surface area contributed by atoms with Gasteiger partial charge >= 0.3 is 0 Å². The minimum Gasteiger partial charge on any atom is -0.489 e. The fourth-order valence-corrected chi connectivity index (χ4v) is 4.25. The maximum Gasteiger partial charge on any atom is 0.255 e. The van der Waals surface area contributed by atoms with E-state index in [-0.39, 0.29) is 24.0 Å². The number of morpholine rings is 1. The third-order valence-corrected chi connectivity index (χ3v) is 6.05. The van der Waals surface area contributed by atoms with E-state index in [0.717, 1.165) is 43.3 Å². The van der Waals surface area contributed by atoms with E-state index in [1.807, 2.05) is 12.1 Å². The Hall–Kier alpha value is -3.23. The second-order valence-corrected chi connectivity index (χ2v) is 8.22. The first-order valence-corrected chi connectivity index (χ1v) is 10.9. The lowest BCUT2D eigenvalue weighted by Crippen LogP contribution is -2.52. The number of amides is 3. The number of hydrogen-bond donors (Lipinski definition) is 1. The Kier molecular flexibility index (Phi) is 4.88. The standard InChI is InChI=1S/C25H27N3O5/c29-23-9-8-21(24(30)26-23)28-15-20-19(25(28)31)2-1-3-22(20)33-16-18-6-4-17(5-7-18)14-27-10-12-32-13-11-27/h1-7,21H,8-16H2,(H,26,29,30)/i8D,9D2/hD. The van der Waals surface area contributed by atoms with Gasteiger partial charge in [-0.25, -0.2) is 0 Å². The molecule has 0 aromatic heterocycles. The number of imide groups is 1. The second kappa shape index (κ2) is 9.33. The maximum atomic E-state index is 13.1. The highest BCUT2D eigenvalue weighted by molar-refractivity contribution is 6.05. The van der Waals surface area contributed by atoms with Gasteiger partial charge in [-0.3, -0.25) is 24.6 Å². The molecule has 3 aliphatic rings. The summed E-state index contributed by atoms with van der Waals surface area (Å²) in [6, 6.07) is 11.4. The Morgan fingerprint density at radius 1 is 1.09 bits per heavy atom. The molecular formula is C25H27N3O5. The number of carbonyl (C=O) groups excluding carboxylic acids is 3. The van der Waals surface area contributed by atoms with Crippen LogP contribution < -0.4 is 10.0 Å². The quantitative estimate of drug-likeness (QED) is 0.672. The average Bonchev–Trinajstić information content (AvgIpc) is 3.23. The van der Waals surface area contributed by atoms with E-state index < -0.39 is 36.5 Å². The normalized spacial score (nSPS) is 27.0. The van der Waals surface area contributed by atoms with Crippen molar-refractivity contribution in [1.29, 1.82) is 0 Å². The number of ether oxygens (including phenoxy) is 2. The summed E-state index contributed by atoms with van der Waals surface area (Å²) >= 11 is 0. The van der Waals surface area contributed by atoms with E-state index in [1.165, 1.54) is 5.56 Å². The van der Waals surface area contributed by atoms with Crippen LogP contribution in [0.1, 0.15) is 43.9 Å². The Morgan fingerprint density at radius 3 is 2.64 bits per heavy atom. The molecule has 33 heavy (non-hydrogen) atoms. The molecule has 3 amide bonds. The van der Waals surface area contributed by atoms with E-state index >= 15 is 0 Å². The molecule has 1 N–H and O–H groups in total. The van der Waals surface area contributed by atoms with Gasteiger partial charge in [0.05, 0.1) is 19.8 Å². The van der Waals surface area contributed by atoms with Gasteiger partial charge in [-0.2, -0.15) is 0 Å². The molecule has 172 valence electrons. The molecular weight excluding hydrogens is 422 g/mol. The van der Waals surface area contributed by atoms with E-state index in [4.69, 9.17) is 15.0 Å². The highest BCUT2D eigenvalue weighted by atomic mass is 16.5. The lowest BCUT2D eigenvalue weighted by Gasteiger charge is -2.29. The first-order valence-electron chi connectivity index (χ1n) is 12.9. The van der Waals surface area contributed by atoms with Crippen molar-refractivity contribution in [3.63, 3.8) is 0 Å². The van der Waals surface area contributed by atoms with Crippen LogP contribution in [-0.4, -0.2) is 59.9 Å². The summed E-state index contributed by atoms with van der Waals surface area (Å²) in [6.45, 7) is 4.33. The predicted octanol–water partition coefficient (Wildman–Crippen LogP) is 1.86. The van der Waals surface area contributed by atoms with Gasteiger partial charge in [-0.15, -0.1) is 0 Å². The van der Waals surface area contributed by atoms with Crippen LogP contribution in [0, 0.1) is 0 Å². The summed E-state index contributed by atoms with van der Waals surface area (Å²) in [5.74, 6) is -2.63. The summed E-state index contributed by atoms with van der Waals surface area (Å²) in [7, 11) is 0. The number of rotatable bonds is 6. The number of benzene rings is 2. The van der Waals surface area contributed by atoms with Gasteiger partial charge < -0.3 is 14.4 Å². The molecule has 5 rings (SSSR count). The van der Waals surface area contributed by atoms with E-state index in [1.54, 1.807) is 18.2 Å². The Labute approximate surface area is 198 Å². The molecule has 0 saturated carbocycles. The number of hydrogen-bond acceptors (Lipinski definition) is 6. The van der Waals surface area contributed by atoms with Gasteiger partial charge in [-0.05, 0) is 29.7 Å². The number of fused-ring (bicyclic) bond motifs is 1. The van der Waals surface area contributed by atoms with Crippen molar-refractivity contribution in [2.24, 2.45) is 0 Å². The van der Waals surface area contributed by atoms with Gasteiger partial charge in [0.25, 0.3) is 5.91 Å². The van der Waals surface area contributed by atoms with Crippen LogP contribution in [0.25, 0.3) is 0 Å². The molecule has 2 saturated heterocycles. The summed E-state index contributed by atoms with van der Waals surface area (Å²) in [5.41, 5.74) is 2.93. The van der Waals surface area contributed by atoms with Crippen molar-refractivity contribution in [2.45, 2.75) is 38.5 Å². The van der Waals surface area contributed by atoms with Gasteiger partial charge in [0.1, 0.15) is 18.4 Å². The second-order valence-electron chi connectivity index (χ2n) is 8.22. The van der Waals surface area contributed by atoms with Crippen LogP contribution >= 0.6 is 0 Å². The molecule has 0 bridgehead atoms. The molecule has 2 aromatic carbocycles. The molecule has 3 aliphatic heterocycles. The van der Waals surface area contributed by atoms with Crippen LogP contribution in [0.5, 0.6) is 5.75 Å². The molecule has 8 heteroatoms. The molecule has 2 aromatic rings. The van der Waals surface area contributed by atoms with E-state index in [2.05, 4.69) is 17.0 Å². The van der Waals surface area contributed by atoms with Gasteiger partial charge in [0.2, 0.25) is 11.8 Å². The van der Waals surface area contributed by atoms with Crippen LogP contribution in [-0.2, 0) is 34.0 Å². The Bertz CT molecular complexity index is 1220. The van der Waals surface area contributed by atoms with Crippen molar-refractivity contribution in [2.75, 3.05) is 26.3 Å². The first-order chi connectivity index (χ1) is 17.7. The van der Waals surface area contributed by atoms with Gasteiger partial charge in [-0.1, -0.05) is 30.3 Å². The smallest absolute Gasteiger partial charge is 0.255 e. The number of piperidine rings is 1. The average molecular weight is 454 g/mol. The van der Waals surface area contributed by atoms with Crippen molar-refractivity contribution >= 4 is 17.7 Å². The molecule has 2 unspecified atom stereocenters. The summed E-state index contributed by atoms with van der Waals surface area (Å²) in [5, 5.41) is -0.0773. The lowest BCUT2D eigenvalue weighted by atomic mass is 10.0. The highest BCUT2D eigenvalue weighted by Crippen LogP contribution is 2.34. The number of nitrogens with zero attached hydrogens (tertiary/aromatic N) is 2. The van der Waals surface area contributed by atoms with Crippen molar-refractivity contribution in [3.8, 4) is 5.75 Å². The first kappa shape index (κ1) is 17.3. The zero-order chi connectivity index (χ0) is 26.3. The Morgan fingerprint density at radius 2 is 1.85 bits per heavy atom. The van der Waals surface area contributed by atoms with E-state index in [0.29, 0.717) is 11.3 Å². The number of carbonyl (C=O) groups is 3. The number of nitrogens with one attached hydrogen (secondary N) is 1. The zero-order valence-electron chi connectivity index (χ0n) is 22.0. The summed E-state index contributed by atoms with van der Waals surface area (Å²) in [4.78, 5) is 41.2. The van der Waals surface area contributed by atoms with Crippen LogP contribution in [0.4, 0.5) is 0 Å². The van der Waals surface area contributed by atoms with Crippen LogP contribution in [0.2, 0.25) is 1.41 Å². The third kappa shape index (κ3) is 4.62. The van der Waals surface area contributed by atoms with Crippen molar-refractivity contribution < 1.29 is 29.4 Å². The van der Waals surface area contributed by atoms with Crippen molar-refractivity contribution in [1.82, 2.24) is 15.1 Å². The van der Waals surface area contributed by atoms with Crippen molar-refractivity contribution in [3.05, 3.63) is 64.7 Å². The fraction of sp³-hybridized carbons (Fsp3) is 0.400. The molecule has 0 aliphatic carbocycles. The summed E-state index contributed by atoms with van der Waals surface area (Å²) in [6.07, 6.45) is -4.63. The largest absolute Gasteiger partial charge is 0.489 e. The monoisotopic (exact) mass is 453 g/mol. The van der Waals surface area contributed by atoms with Crippen LogP contribution in [0.15, 0.2) is 42.5 Å². The SMILES string of the molecule is [2H]C1C(N2Cc3c(OCc4ccc(CN5CCOCC5)cc4)cccc3C2=O)C(=O)N([2H])C(=O)C1([2H])[2H]. The maximum absolute atomic E-state index is 13.1. The summed E-state index contributed by atoms with van der Waals surface area (Å²) < 4.78 is 43.2. The van der Waals surface area contributed by atoms with Gasteiger partial charge in [0.15, 0.2) is 1.41 Å². The molecule has 0 spiro atoms. The third-order valence-electron chi connectivity index (χ3n) is 6.05. The minimum absolute atomic E-state index is 0.0773.